The summed E-state index contributed by atoms with van der Waals surface area (Å²) in [4.78, 5) is 21.5. The van der Waals surface area contributed by atoms with E-state index in [1.165, 1.54) is 6.42 Å². The Bertz CT molecular complexity index is 654. The molecule has 1 aromatic carbocycles. The molecule has 1 amide bonds. The predicted octanol–water partition coefficient (Wildman–Crippen LogP) is 2.18. The summed E-state index contributed by atoms with van der Waals surface area (Å²) in [5.74, 6) is 0.930. The number of rotatable bonds is 7. The van der Waals surface area contributed by atoms with Crippen molar-refractivity contribution in [3.63, 3.8) is 0 Å². The first-order chi connectivity index (χ1) is 12.8. The number of likely N-dealkylation sites (tertiary alicyclic amines) is 1. The molecule has 1 heterocycles. The molecule has 27 heavy (non-hydrogen) atoms. The number of likely N-dealkylation sites (N-methyl/N-ethyl adjacent to an activating group) is 1. The molecule has 0 atom stereocenters. The monoisotopic (exact) mass is 373 g/mol. The molecule has 0 unspecified atom stereocenters. The van der Waals surface area contributed by atoms with Crippen molar-refractivity contribution in [1.82, 2.24) is 20.4 Å². The number of carbonyl (C=O) groups is 1. The van der Waals surface area contributed by atoms with Gasteiger partial charge in [-0.2, -0.15) is 0 Å². The largest absolute Gasteiger partial charge is 0.357 e. The highest BCUT2D eigenvalue weighted by molar-refractivity contribution is 5.94. The number of nitrogens with one attached hydrogen (secondary N) is 2. The first-order valence-corrected chi connectivity index (χ1v) is 9.86. The molecular weight excluding hydrogens is 338 g/mol. The number of hydrogen-bond acceptors (Lipinski definition) is 3. The molecule has 6 nitrogen and oxygen atoms in total. The van der Waals surface area contributed by atoms with Gasteiger partial charge >= 0.3 is 0 Å². The standard InChI is InChI=1S/C21H35N5O/c1-6-22-20(26-12-10-21(2,3)16-26)24-15-17-8-7-9-18(14-17)19(27)23-11-13-25(4)5/h7-9,14H,6,10-13,15-16H2,1-5H3,(H,22,24)(H,23,27). The van der Waals surface area contributed by atoms with Crippen LogP contribution in [0.15, 0.2) is 29.3 Å². The van der Waals surface area contributed by atoms with Crippen LogP contribution in [0.4, 0.5) is 0 Å². The highest BCUT2D eigenvalue weighted by Crippen LogP contribution is 2.28. The number of aliphatic imine (C=N–C) groups is 1. The van der Waals surface area contributed by atoms with Crippen molar-refractivity contribution >= 4 is 11.9 Å². The van der Waals surface area contributed by atoms with E-state index in [1.54, 1.807) is 0 Å². The van der Waals surface area contributed by atoms with E-state index in [0.29, 0.717) is 24.1 Å². The molecule has 2 rings (SSSR count). The van der Waals surface area contributed by atoms with Crippen molar-refractivity contribution in [3.05, 3.63) is 35.4 Å². The van der Waals surface area contributed by atoms with E-state index in [1.807, 2.05) is 43.3 Å². The lowest BCUT2D eigenvalue weighted by Gasteiger charge is -2.23. The van der Waals surface area contributed by atoms with Crippen LogP contribution in [0.3, 0.4) is 0 Å². The number of benzene rings is 1. The topological polar surface area (TPSA) is 60.0 Å². The second-order valence-electron chi connectivity index (χ2n) is 8.27. The Balaban J connectivity index is 2.01. The predicted molar refractivity (Wildman–Crippen MR) is 112 cm³/mol. The molecule has 1 aliphatic rings. The van der Waals surface area contributed by atoms with E-state index in [2.05, 4.69) is 36.3 Å². The fraction of sp³-hybridized carbons (Fsp3) is 0.619. The van der Waals surface area contributed by atoms with E-state index >= 15 is 0 Å². The molecule has 0 spiro atoms. The Hall–Kier alpha value is -2.08. The Morgan fingerprint density at radius 1 is 1.30 bits per heavy atom. The zero-order valence-electron chi connectivity index (χ0n) is 17.5. The average Bonchev–Trinajstić information content (AvgIpc) is 2.98. The van der Waals surface area contributed by atoms with Crippen LogP contribution in [0, 0.1) is 5.41 Å². The summed E-state index contributed by atoms with van der Waals surface area (Å²) in [6.45, 7) is 11.6. The lowest BCUT2D eigenvalue weighted by molar-refractivity contribution is 0.0951. The van der Waals surface area contributed by atoms with Crippen molar-refractivity contribution in [2.75, 3.05) is 46.8 Å². The molecule has 0 aromatic heterocycles. The quantitative estimate of drug-likeness (QED) is 0.568. The van der Waals surface area contributed by atoms with Gasteiger partial charge in [-0.05, 0) is 50.6 Å². The number of nitrogens with zero attached hydrogens (tertiary/aromatic N) is 3. The molecule has 2 N–H and O–H groups in total. The zero-order chi connectivity index (χ0) is 19.9. The number of hydrogen-bond donors (Lipinski definition) is 2. The zero-order valence-corrected chi connectivity index (χ0v) is 17.5. The molecule has 1 aromatic rings. The first kappa shape index (κ1) is 21.2. The van der Waals surface area contributed by atoms with Crippen LogP contribution in [0.5, 0.6) is 0 Å². The molecule has 1 aliphatic heterocycles. The molecule has 1 saturated heterocycles. The molecular formula is C21H35N5O. The minimum Gasteiger partial charge on any atom is -0.357 e. The van der Waals surface area contributed by atoms with Crippen LogP contribution in [-0.4, -0.2) is 68.5 Å². The Morgan fingerprint density at radius 2 is 2.07 bits per heavy atom. The van der Waals surface area contributed by atoms with Gasteiger partial charge in [0.1, 0.15) is 0 Å². The summed E-state index contributed by atoms with van der Waals surface area (Å²) < 4.78 is 0. The number of amides is 1. The van der Waals surface area contributed by atoms with Crippen LogP contribution in [0.2, 0.25) is 0 Å². The maximum atomic E-state index is 12.3. The minimum absolute atomic E-state index is 0.0316. The van der Waals surface area contributed by atoms with E-state index in [4.69, 9.17) is 4.99 Å². The van der Waals surface area contributed by atoms with Crippen LogP contribution in [0.1, 0.15) is 43.1 Å². The van der Waals surface area contributed by atoms with Crippen molar-refractivity contribution in [2.45, 2.75) is 33.7 Å². The Morgan fingerprint density at radius 3 is 2.70 bits per heavy atom. The highest BCUT2D eigenvalue weighted by atomic mass is 16.1. The van der Waals surface area contributed by atoms with E-state index in [-0.39, 0.29) is 5.91 Å². The molecule has 0 aliphatic carbocycles. The van der Waals surface area contributed by atoms with Gasteiger partial charge in [0.2, 0.25) is 0 Å². The summed E-state index contributed by atoms with van der Waals surface area (Å²) in [5, 5.41) is 6.36. The lowest BCUT2D eigenvalue weighted by atomic mass is 9.93. The van der Waals surface area contributed by atoms with Crippen molar-refractivity contribution in [2.24, 2.45) is 10.4 Å². The van der Waals surface area contributed by atoms with Gasteiger partial charge in [-0.3, -0.25) is 4.79 Å². The second-order valence-corrected chi connectivity index (χ2v) is 8.27. The van der Waals surface area contributed by atoms with Gasteiger partial charge in [-0.25, -0.2) is 4.99 Å². The molecule has 6 heteroatoms. The Kier molecular flexibility index (Phi) is 7.66. The first-order valence-electron chi connectivity index (χ1n) is 9.86. The van der Waals surface area contributed by atoms with E-state index in [0.717, 1.165) is 37.7 Å². The highest BCUT2D eigenvalue weighted by Gasteiger charge is 2.30. The van der Waals surface area contributed by atoms with Crippen molar-refractivity contribution in [3.8, 4) is 0 Å². The summed E-state index contributed by atoms with van der Waals surface area (Å²) in [7, 11) is 3.99. The summed E-state index contributed by atoms with van der Waals surface area (Å²) in [5.41, 5.74) is 2.07. The van der Waals surface area contributed by atoms with Crippen LogP contribution >= 0.6 is 0 Å². The molecule has 0 bridgehead atoms. The van der Waals surface area contributed by atoms with Gasteiger partial charge in [-0.15, -0.1) is 0 Å². The van der Waals surface area contributed by atoms with Gasteiger partial charge in [-0.1, -0.05) is 26.0 Å². The summed E-state index contributed by atoms with van der Waals surface area (Å²) in [6, 6.07) is 7.74. The number of guanidine groups is 1. The Labute approximate surface area is 164 Å². The van der Waals surface area contributed by atoms with Crippen LogP contribution < -0.4 is 10.6 Å². The van der Waals surface area contributed by atoms with Gasteiger partial charge in [0.25, 0.3) is 5.91 Å². The van der Waals surface area contributed by atoms with Crippen LogP contribution in [0.25, 0.3) is 0 Å². The maximum absolute atomic E-state index is 12.3. The van der Waals surface area contributed by atoms with Gasteiger partial charge in [0, 0.05) is 38.3 Å². The van der Waals surface area contributed by atoms with Crippen molar-refractivity contribution in [1.29, 1.82) is 0 Å². The lowest BCUT2D eigenvalue weighted by Crippen LogP contribution is -2.40. The second kappa shape index (κ2) is 9.74. The third-order valence-corrected chi connectivity index (χ3v) is 4.76. The fourth-order valence-corrected chi connectivity index (χ4v) is 3.19. The summed E-state index contributed by atoms with van der Waals surface area (Å²) >= 11 is 0. The average molecular weight is 374 g/mol. The maximum Gasteiger partial charge on any atom is 0.251 e. The summed E-state index contributed by atoms with van der Waals surface area (Å²) in [6.07, 6.45) is 1.18. The SMILES string of the molecule is CCNC(=NCc1cccc(C(=O)NCCN(C)C)c1)N1CCC(C)(C)C1. The van der Waals surface area contributed by atoms with Gasteiger partial charge < -0.3 is 20.4 Å². The number of carbonyl (C=O) groups excluding carboxylic acids is 1. The van der Waals surface area contributed by atoms with Gasteiger partial charge in [0.05, 0.1) is 6.54 Å². The molecule has 0 saturated carbocycles. The van der Waals surface area contributed by atoms with Crippen LogP contribution in [-0.2, 0) is 6.54 Å². The third kappa shape index (κ3) is 6.86. The van der Waals surface area contributed by atoms with E-state index in [9.17, 15) is 4.79 Å². The smallest absolute Gasteiger partial charge is 0.251 e. The minimum atomic E-state index is -0.0316. The normalized spacial score (nSPS) is 16.7. The van der Waals surface area contributed by atoms with Gasteiger partial charge in [0.15, 0.2) is 5.96 Å². The molecule has 0 radical (unpaired) electrons. The van der Waals surface area contributed by atoms with Crippen molar-refractivity contribution < 1.29 is 4.79 Å². The molecule has 1 fully saturated rings. The fourth-order valence-electron chi connectivity index (χ4n) is 3.19. The third-order valence-electron chi connectivity index (χ3n) is 4.76. The molecule has 150 valence electrons. The van der Waals surface area contributed by atoms with E-state index < -0.39 is 0 Å².